The summed E-state index contributed by atoms with van der Waals surface area (Å²) in [5.74, 6) is 1.90. The van der Waals surface area contributed by atoms with E-state index in [2.05, 4.69) is 11.2 Å². The van der Waals surface area contributed by atoms with E-state index in [4.69, 9.17) is 20.5 Å². The number of hydrogen-bond acceptors (Lipinski definition) is 5. The average molecular weight is 453 g/mol. The van der Waals surface area contributed by atoms with E-state index in [0.29, 0.717) is 47.1 Å². The fraction of sp³-hybridized carbons (Fsp3) is 0.148. The van der Waals surface area contributed by atoms with Gasteiger partial charge in [-0.1, -0.05) is 31.2 Å². The molecule has 1 aromatic heterocycles. The van der Waals surface area contributed by atoms with E-state index in [9.17, 15) is 4.79 Å². The van der Waals surface area contributed by atoms with Crippen LogP contribution in [0.2, 0.25) is 0 Å². The van der Waals surface area contributed by atoms with Crippen LogP contribution in [0.5, 0.6) is 23.0 Å². The van der Waals surface area contributed by atoms with Gasteiger partial charge in [-0.3, -0.25) is 9.48 Å². The van der Waals surface area contributed by atoms with Crippen LogP contribution in [0.4, 0.5) is 0 Å². The maximum atomic E-state index is 11.9. The number of aromatic nitrogens is 2. The maximum Gasteiger partial charge on any atom is 0.267 e. The van der Waals surface area contributed by atoms with Gasteiger partial charge in [0.2, 0.25) is 0 Å². The summed E-state index contributed by atoms with van der Waals surface area (Å²) in [6.45, 7) is 2.00. The molecule has 34 heavy (non-hydrogen) atoms. The fourth-order valence-corrected chi connectivity index (χ4v) is 3.75. The molecule has 170 valence electrons. The molecular weight excluding hydrogens is 428 g/mol. The molecule has 1 heterocycles. The van der Waals surface area contributed by atoms with Crippen molar-refractivity contribution in [2.45, 2.75) is 19.8 Å². The molecule has 0 saturated heterocycles. The second-order valence-electron chi connectivity index (χ2n) is 7.72. The van der Waals surface area contributed by atoms with E-state index in [0.717, 1.165) is 16.8 Å². The minimum atomic E-state index is -0.483. The molecule has 0 unspecified atom stereocenters. The SMILES string of the molecule is CCc1nn(C)c(C(N)=O)c1Cc1ccc(Oc2ccccc2Oc2ccc(C#N)cc2)cc1. The Hall–Kier alpha value is -4.57. The molecule has 0 radical (unpaired) electrons. The van der Waals surface area contributed by atoms with Gasteiger partial charge in [-0.15, -0.1) is 0 Å². The van der Waals surface area contributed by atoms with E-state index in [-0.39, 0.29) is 0 Å². The molecule has 0 fully saturated rings. The minimum Gasteiger partial charge on any atom is -0.453 e. The third kappa shape index (κ3) is 4.92. The van der Waals surface area contributed by atoms with Gasteiger partial charge in [-0.2, -0.15) is 10.4 Å². The van der Waals surface area contributed by atoms with Crippen molar-refractivity contribution in [1.82, 2.24) is 9.78 Å². The Morgan fingerprint density at radius 3 is 2.03 bits per heavy atom. The molecule has 0 aliphatic carbocycles. The van der Waals surface area contributed by atoms with Gasteiger partial charge in [0.15, 0.2) is 11.5 Å². The Kier molecular flexibility index (Phi) is 6.60. The molecule has 0 saturated carbocycles. The number of nitrogens with zero attached hydrogens (tertiary/aromatic N) is 3. The number of nitrogens with two attached hydrogens (primary N) is 1. The molecule has 0 bridgehead atoms. The number of ether oxygens (including phenoxy) is 2. The lowest BCUT2D eigenvalue weighted by Crippen LogP contribution is -2.17. The summed E-state index contributed by atoms with van der Waals surface area (Å²) in [4.78, 5) is 11.9. The van der Waals surface area contributed by atoms with Crippen LogP contribution in [0.15, 0.2) is 72.8 Å². The van der Waals surface area contributed by atoms with E-state index >= 15 is 0 Å². The molecule has 3 aromatic carbocycles. The molecule has 4 aromatic rings. The van der Waals surface area contributed by atoms with Crippen molar-refractivity contribution in [2.24, 2.45) is 12.8 Å². The molecule has 7 heteroatoms. The van der Waals surface area contributed by atoms with Crippen LogP contribution in [0.3, 0.4) is 0 Å². The third-order valence-electron chi connectivity index (χ3n) is 5.39. The molecule has 0 spiro atoms. The number of benzene rings is 3. The predicted molar refractivity (Wildman–Crippen MR) is 128 cm³/mol. The zero-order chi connectivity index (χ0) is 24.1. The molecule has 4 rings (SSSR count). The largest absolute Gasteiger partial charge is 0.453 e. The molecule has 0 aliphatic heterocycles. The number of para-hydroxylation sites is 2. The van der Waals surface area contributed by atoms with Crippen LogP contribution < -0.4 is 15.2 Å². The highest BCUT2D eigenvalue weighted by Gasteiger charge is 2.19. The van der Waals surface area contributed by atoms with Crippen molar-refractivity contribution in [1.29, 1.82) is 5.26 Å². The van der Waals surface area contributed by atoms with E-state index in [1.54, 1.807) is 36.0 Å². The van der Waals surface area contributed by atoms with Crippen LogP contribution in [-0.2, 0) is 19.9 Å². The lowest BCUT2D eigenvalue weighted by Gasteiger charge is -2.13. The quantitative estimate of drug-likeness (QED) is 0.399. The Morgan fingerprint density at radius 1 is 0.971 bits per heavy atom. The summed E-state index contributed by atoms with van der Waals surface area (Å²) in [6, 6.07) is 24.0. The van der Waals surface area contributed by atoms with Crippen LogP contribution in [0, 0.1) is 11.3 Å². The minimum absolute atomic E-state index is 0.436. The maximum absolute atomic E-state index is 11.9. The van der Waals surface area contributed by atoms with Crippen molar-refractivity contribution in [3.05, 3.63) is 101 Å². The van der Waals surface area contributed by atoms with E-state index in [1.165, 1.54) is 0 Å². The molecule has 0 aliphatic rings. The highest BCUT2D eigenvalue weighted by atomic mass is 16.5. The summed E-state index contributed by atoms with van der Waals surface area (Å²) in [7, 11) is 1.73. The number of carbonyl (C=O) groups is 1. The number of carbonyl (C=O) groups excluding carboxylic acids is 1. The van der Waals surface area contributed by atoms with Crippen LogP contribution in [0.1, 0.15) is 39.8 Å². The van der Waals surface area contributed by atoms with Gasteiger partial charge in [-0.25, -0.2) is 0 Å². The first-order chi connectivity index (χ1) is 16.5. The Labute approximate surface area is 198 Å². The van der Waals surface area contributed by atoms with Gasteiger partial charge in [0.25, 0.3) is 5.91 Å². The normalized spacial score (nSPS) is 10.5. The number of rotatable bonds is 8. The van der Waals surface area contributed by atoms with Gasteiger partial charge < -0.3 is 15.2 Å². The summed E-state index contributed by atoms with van der Waals surface area (Å²) in [5, 5.41) is 13.4. The van der Waals surface area contributed by atoms with Gasteiger partial charge >= 0.3 is 0 Å². The monoisotopic (exact) mass is 452 g/mol. The molecule has 0 atom stereocenters. The van der Waals surface area contributed by atoms with Crippen LogP contribution >= 0.6 is 0 Å². The van der Waals surface area contributed by atoms with Crippen molar-refractivity contribution in [3.8, 4) is 29.1 Å². The highest BCUT2D eigenvalue weighted by molar-refractivity contribution is 5.93. The molecule has 2 N–H and O–H groups in total. The first kappa shape index (κ1) is 22.6. The zero-order valence-corrected chi connectivity index (χ0v) is 19.0. The summed E-state index contributed by atoms with van der Waals surface area (Å²) >= 11 is 0. The Morgan fingerprint density at radius 2 is 1.53 bits per heavy atom. The average Bonchev–Trinajstić information content (AvgIpc) is 3.17. The van der Waals surface area contributed by atoms with Gasteiger partial charge in [0.05, 0.1) is 17.3 Å². The molecular formula is C27H24N4O3. The third-order valence-corrected chi connectivity index (χ3v) is 5.39. The fourth-order valence-electron chi connectivity index (χ4n) is 3.75. The Balaban J connectivity index is 1.51. The lowest BCUT2D eigenvalue weighted by atomic mass is 10.0. The zero-order valence-electron chi connectivity index (χ0n) is 19.0. The van der Waals surface area contributed by atoms with Crippen molar-refractivity contribution in [3.63, 3.8) is 0 Å². The van der Waals surface area contributed by atoms with Crippen LogP contribution in [0.25, 0.3) is 0 Å². The number of hydrogen-bond donors (Lipinski definition) is 1. The predicted octanol–water partition coefficient (Wildman–Crippen LogP) is 5.13. The van der Waals surface area contributed by atoms with Gasteiger partial charge in [0.1, 0.15) is 17.2 Å². The molecule has 7 nitrogen and oxygen atoms in total. The number of amides is 1. The number of aryl methyl sites for hydroxylation is 2. The first-order valence-electron chi connectivity index (χ1n) is 10.9. The van der Waals surface area contributed by atoms with Gasteiger partial charge in [0, 0.05) is 19.0 Å². The second-order valence-corrected chi connectivity index (χ2v) is 7.72. The topological polar surface area (TPSA) is 103 Å². The number of nitriles is 1. The summed E-state index contributed by atoms with van der Waals surface area (Å²) in [5.41, 5.74) is 9.32. The summed E-state index contributed by atoms with van der Waals surface area (Å²) in [6.07, 6.45) is 1.27. The first-order valence-corrected chi connectivity index (χ1v) is 10.9. The van der Waals surface area contributed by atoms with Crippen LogP contribution in [-0.4, -0.2) is 15.7 Å². The summed E-state index contributed by atoms with van der Waals surface area (Å²) < 4.78 is 13.6. The highest BCUT2D eigenvalue weighted by Crippen LogP contribution is 2.34. The van der Waals surface area contributed by atoms with E-state index < -0.39 is 5.91 Å². The number of primary amides is 1. The van der Waals surface area contributed by atoms with E-state index in [1.807, 2.05) is 55.5 Å². The standard InChI is InChI=1S/C27H24N4O3/c1-3-23-22(26(27(29)32)31(2)30-23)16-18-8-12-20(13-9-18)33-24-6-4-5-7-25(24)34-21-14-10-19(17-28)11-15-21/h4-15H,3,16H2,1-2H3,(H2,29,32). The van der Waals surface area contributed by atoms with Crippen molar-refractivity contribution >= 4 is 5.91 Å². The van der Waals surface area contributed by atoms with Crippen molar-refractivity contribution in [2.75, 3.05) is 0 Å². The molecule has 1 amide bonds. The second kappa shape index (κ2) is 9.92. The van der Waals surface area contributed by atoms with Crippen molar-refractivity contribution < 1.29 is 14.3 Å². The Bertz CT molecular complexity index is 1350. The smallest absolute Gasteiger partial charge is 0.267 e. The lowest BCUT2D eigenvalue weighted by molar-refractivity contribution is 0.0990. The van der Waals surface area contributed by atoms with Gasteiger partial charge in [-0.05, 0) is 60.5 Å².